The van der Waals surface area contributed by atoms with Crippen LogP contribution in [0.3, 0.4) is 0 Å². The van der Waals surface area contributed by atoms with E-state index in [4.69, 9.17) is 5.73 Å². The monoisotopic (exact) mass is 255 g/mol. The van der Waals surface area contributed by atoms with E-state index in [1.54, 1.807) is 0 Å². The Bertz CT molecular complexity index is 220. The van der Waals surface area contributed by atoms with Crippen molar-refractivity contribution in [1.82, 2.24) is 9.80 Å². The van der Waals surface area contributed by atoms with Crippen LogP contribution in [-0.4, -0.2) is 54.6 Å². The Balaban J connectivity index is 2.63. The molecule has 1 aliphatic heterocycles. The third-order valence-electron chi connectivity index (χ3n) is 4.34. The van der Waals surface area contributed by atoms with Gasteiger partial charge in [-0.2, -0.15) is 0 Å². The van der Waals surface area contributed by atoms with Crippen molar-refractivity contribution in [1.29, 1.82) is 0 Å². The van der Waals surface area contributed by atoms with E-state index in [0.29, 0.717) is 0 Å². The largest absolute Gasteiger partial charge is 0.329 e. The number of likely N-dealkylation sites (tertiary alicyclic amines) is 1. The first kappa shape index (κ1) is 15.9. The van der Waals surface area contributed by atoms with Crippen molar-refractivity contribution in [3.8, 4) is 0 Å². The zero-order valence-corrected chi connectivity index (χ0v) is 12.9. The lowest BCUT2D eigenvalue weighted by atomic mass is 9.85. The lowest BCUT2D eigenvalue weighted by Gasteiger charge is -2.49. The summed E-state index contributed by atoms with van der Waals surface area (Å²) in [6.07, 6.45) is 3.74. The molecule has 0 bridgehead atoms. The van der Waals surface area contributed by atoms with Gasteiger partial charge in [-0.25, -0.2) is 0 Å². The van der Waals surface area contributed by atoms with Gasteiger partial charge in [-0.3, -0.25) is 4.90 Å². The molecule has 0 aliphatic carbocycles. The molecule has 18 heavy (non-hydrogen) atoms. The highest BCUT2D eigenvalue weighted by atomic mass is 15.2. The topological polar surface area (TPSA) is 32.5 Å². The fourth-order valence-electron chi connectivity index (χ4n) is 3.26. The third-order valence-corrected chi connectivity index (χ3v) is 4.34. The average molecular weight is 255 g/mol. The second-order valence-electron chi connectivity index (χ2n) is 6.20. The van der Waals surface area contributed by atoms with Gasteiger partial charge in [0.1, 0.15) is 0 Å². The van der Waals surface area contributed by atoms with Gasteiger partial charge in [0.2, 0.25) is 0 Å². The molecule has 108 valence electrons. The summed E-state index contributed by atoms with van der Waals surface area (Å²) in [5.41, 5.74) is 6.42. The zero-order chi connectivity index (χ0) is 13.6. The van der Waals surface area contributed by atoms with Crippen molar-refractivity contribution in [3.05, 3.63) is 0 Å². The molecule has 0 aromatic heterocycles. The van der Waals surface area contributed by atoms with Gasteiger partial charge in [0.05, 0.1) is 0 Å². The molecule has 0 aromatic carbocycles. The van der Waals surface area contributed by atoms with Crippen LogP contribution in [-0.2, 0) is 0 Å². The summed E-state index contributed by atoms with van der Waals surface area (Å²) in [6, 6.07) is 0. The van der Waals surface area contributed by atoms with Gasteiger partial charge in [0, 0.05) is 18.6 Å². The van der Waals surface area contributed by atoms with E-state index in [2.05, 4.69) is 37.5 Å². The summed E-state index contributed by atoms with van der Waals surface area (Å²) in [4.78, 5) is 5.23. The summed E-state index contributed by atoms with van der Waals surface area (Å²) < 4.78 is 0. The number of hydrogen-bond donors (Lipinski definition) is 1. The van der Waals surface area contributed by atoms with Gasteiger partial charge in [-0.1, -0.05) is 27.7 Å². The maximum absolute atomic E-state index is 6.15. The molecule has 3 heteroatoms. The molecular weight excluding hydrogens is 222 g/mol. The van der Waals surface area contributed by atoms with Crippen LogP contribution in [0, 0.1) is 5.92 Å². The summed E-state index contributed by atoms with van der Waals surface area (Å²) in [6.45, 7) is 16.0. The van der Waals surface area contributed by atoms with Crippen molar-refractivity contribution in [3.63, 3.8) is 0 Å². The minimum Gasteiger partial charge on any atom is -0.329 e. The van der Waals surface area contributed by atoms with E-state index in [0.717, 1.165) is 19.0 Å². The Kier molecular flexibility index (Phi) is 6.61. The number of nitrogens with zero attached hydrogens (tertiary/aromatic N) is 2. The highest BCUT2D eigenvalue weighted by Gasteiger charge is 2.37. The smallest absolute Gasteiger partial charge is 0.0356 e. The van der Waals surface area contributed by atoms with E-state index in [-0.39, 0.29) is 5.54 Å². The van der Waals surface area contributed by atoms with Crippen molar-refractivity contribution in [2.45, 2.75) is 52.5 Å². The van der Waals surface area contributed by atoms with Gasteiger partial charge >= 0.3 is 0 Å². The number of likely N-dealkylation sites (N-methyl/N-ethyl adjacent to an activating group) is 1. The van der Waals surface area contributed by atoms with Gasteiger partial charge in [0.25, 0.3) is 0 Å². The molecule has 0 aromatic rings. The third kappa shape index (κ3) is 3.94. The number of rotatable bonds is 7. The molecule has 1 aliphatic rings. The van der Waals surface area contributed by atoms with E-state index >= 15 is 0 Å². The van der Waals surface area contributed by atoms with Gasteiger partial charge < -0.3 is 10.6 Å². The molecule has 0 amide bonds. The molecule has 2 N–H and O–H groups in total. The predicted molar refractivity (Wildman–Crippen MR) is 79.8 cm³/mol. The first-order valence-electron chi connectivity index (χ1n) is 7.75. The van der Waals surface area contributed by atoms with Crippen LogP contribution in [0.25, 0.3) is 0 Å². The molecule has 1 heterocycles. The lowest BCUT2D eigenvalue weighted by Crippen LogP contribution is -2.60. The normalized spacial score (nSPS) is 20.8. The Hall–Kier alpha value is -0.120. The molecule has 0 unspecified atom stereocenters. The fourth-order valence-corrected chi connectivity index (χ4v) is 3.26. The van der Waals surface area contributed by atoms with E-state index < -0.39 is 0 Å². The van der Waals surface area contributed by atoms with Crippen molar-refractivity contribution in [2.24, 2.45) is 11.7 Å². The minimum atomic E-state index is 0.267. The highest BCUT2D eigenvalue weighted by Crippen LogP contribution is 2.28. The van der Waals surface area contributed by atoms with Crippen molar-refractivity contribution >= 4 is 0 Å². The molecule has 1 rings (SSSR count). The molecule has 3 nitrogen and oxygen atoms in total. The fraction of sp³-hybridized carbons (Fsp3) is 1.00. The van der Waals surface area contributed by atoms with Crippen LogP contribution in [0.1, 0.15) is 47.0 Å². The second kappa shape index (κ2) is 7.46. The zero-order valence-electron chi connectivity index (χ0n) is 12.9. The summed E-state index contributed by atoms with van der Waals surface area (Å²) in [5.74, 6) is 0.724. The maximum atomic E-state index is 6.15. The predicted octanol–water partition coefficient (Wildman–Crippen LogP) is 2.17. The van der Waals surface area contributed by atoms with E-state index in [1.165, 1.54) is 45.4 Å². The summed E-state index contributed by atoms with van der Waals surface area (Å²) >= 11 is 0. The van der Waals surface area contributed by atoms with Crippen LogP contribution < -0.4 is 5.73 Å². The quantitative estimate of drug-likeness (QED) is 0.757. The van der Waals surface area contributed by atoms with Crippen LogP contribution in [0.2, 0.25) is 0 Å². The highest BCUT2D eigenvalue weighted by molar-refractivity contribution is 4.96. The molecular formula is C15H33N3. The average Bonchev–Trinajstić information content (AvgIpc) is 2.37. The van der Waals surface area contributed by atoms with Crippen molar-refractivity contribution in [2.75, 3.05) is 39.3 Å². The molecule has 1 fully saturated rings. The van der Waals surface area contributed by atoms with Crippen molar-refractivity contribution < 1.29 is 0 Å². The lowest BCUT2D eigenvalue weighted by molar-refractivity contribution is 0.0227. The number of nitrogens with two attached hydrogens (primary N) is 1. The Morgan fingerprint density at radius 3 is 2.22 bits per heavy atom. The molecule has 0 saturated carbocycles. The first-order chi connectivity index (χ1) is 8.57. The van der Waals surface area contributed by atoms with E-state index in [1.807, 2.05) is 0 Å². The van der Waals surface area contributed by atoms with E-state index in [9.17, 15) is 0 Å². The summed E-state index contributed by atoms with van der Waals surface area (Å²) in [7, 11) is 0. The van der Waals surface area contributed by atoms with Gasteiger partial charge in [-0.05, 0) is 51.4 Å². The molecule has 0 radical (unpaired) electrons. The van der Waals surface area contributed by atoms with Crippen LogP contribution >= 0.6 is 0 Å². The Labute approximate surface area is 114 Å². The molecule has 1 saturated heterocycles. The Morgan fingerprint density at radius 2 is 1.83 bits per heavy atom. The molecule has 0 spiro atoms. The van der Waals surface area contributed by atoms with Gasteiger partial charge in [-0.15, -0.1) is 0 Å². The number of piperidine rings is 1. The maximum Gasteiger partial charge on any atom is 0.0356 e. The number of hydrogen-bond acceptors (Lipinski definition) is 3. The molecule has 0 atom stereocenters. The van der Waals surface area contributed by atoms with Crippen LogP contribution in [0.4, 0.5) is 0 Å². The first-order valence-corrected chi connectivity index (χ1v) is 7.75. The van der Waals surface area contributed by atoms with Crippen LogP contribution in [0.15, 0.2) is 0 Å². The van der Waals surface area contributed by atoms with Gasteiger partial charge in [0.15, 0.2) is 0 Å². The Morgan fingerprint density at radius 1 is 1.22 bits per heavy atom. The minimum absolute atomic E-state index is 0.267. The van der Waals surface area contributed by atoms with Crippen LogP contribution in [0.5, 0.6) is 0 Å². The summed E-state index contributed by atoms with van der Waals surface area (Å²) in [5, 5.41) is 0. The SMILES string of the molecule is CCCN1CCC(CN)(N(CC)CC(C)C)CC1. The standard InChI is InChI=1S/C15H33N3/c1-5-9-17-10-7-15(13-16,8-11-17)18(6-2)12-14(3)4/h14H,5-13,16H2,1-4H3. The second-order valence-corrected chi connectivity index (χ2v) is 6.20.